The zero-order valence-electron chi connectivity index (χ0n) is 9.50. The van der Waals surface area contributed by atoms with Crippen LogP contribution in [0.4, 0.5) is 0 Å². The maximum atomic E-state index is 11.8. The van der Waals surface area contributed by atoms with E-state index < -0.39 is 0 Å². The number of aromatic nitrogens is 2. The highest BCUT2D eigenvalue weighted by atomic mass is 35.5. The lowest BCUT2D eigenvalue weighted by molar-refractivity contribution is 0.0955. The van der Waals surface area contributed by atoms with E-state index in [1.54, 1.807) is 12.1 Å². The molecule has 2 rings (SSSR count). The summed E-state index contributed by atoms with van der Waals surface area (Å²) in [5, 5.41) is 9.81. The Morgan fingerprint density at radius 2 is 2.29 bits per heavy atom. The summed E-state index contributed by atoms with van der Waals surface area (Å²) in [6.45, 7) is 4.32. The molecule has 90 valence electrons. The van der Waals surface area contributed by atoms with Crippen LogP contribution in [-0.4, -0.2) is 16.1 Å². The lowest BCUT2D eigenvalue weighted by Gasteiger charge is -2.03. The lowest BCUT2D eigenvalue weighted by Crippen LogP contribution is -2.22. The first-order valence-electron chi connectivity index (χ1n) is 5.12. The van der Waals surface area contributed by atoms with Gasteiger partial charge in [-0.05, 0) is 26.0 Å². The Labute approximate surface area is 108 Å². The lowest BCUT2D eigenvalue weighted by atomic mass is 10.2. The molecule has 4 nitrogen and oxygen atoms in total. The summed E-state index contributed by atoms with van der Waals surface area (Å²) in [6, 6.07) is 3.44. The number of hydrogen-bond acceptors (Lipinski definition) is 3. The van der Waals surface area contributed by atoms with Crippen LogP contribution in [-0.2, 0) is 6.54 Å². The Morgan fingerprint density at radius 1 is 1.53 bits per heavy atom. The van der Waals surface area contributed by atoms with Gasteiger partial charge in [0.2, 0.25) is 0 Å². The average Bonchev–Trinajstić information content (AvgIpc) is 2.84. The Bertz CT molecular complexity index is 527. The van der Waals surface area contributed by atoms with Gasteiger partial charge in [-0.15, -0.1) is 11.3 Å². The molecule has 2 N–H and O–H groups in total. The second-order valence-corrected chi connectivity index (χ2v) is 5.41. The van der Waals surface area contributed by atoms with Crippen molar-refractivity contribution in [3.8, 4) is 0 Å². The highest BCUT2D eigenvalue weighted by Crippen LogP contribution is 2.21. The minimum absolute atomic E-state index is 0.109. The van der Waals surface area contributed by atoms with Crippen LogP contribution in [0.1, 0.15) is 26.6 Å². The fourth-order valence-corrected chi connectivity index (χ4v) is 2.49. The molecule has 2 aromatic heterocycles. The molecule has 0 aliphatic carbocycles. The minimum Gasteiger partial charge on any atom is -0.347 e. The van der Waals surface area contributed by atoms with Crippen LogP contribution in [0.25, 0.3) is 0 Å². The number of amides is 1. The minimum atomic E-state index is -0.109. The number of rotatable bonds is 3. The van der Waals surface area contributed by atoms with Crippen LogP contribution in [0, 0.1) is 13.8 Å². The Kier molecular flexibility index (Phi) is 3.49. The molecule has 0 fully saturated rings. The SMILES string of the molecule is Cc1n[nH]c(C)c1CNC(=O)c1ccc(Cl)s1. The first-order valence-corrected chi connectivity index (χ1v) is 6.31. The second kappa shape index (κ2) is 4.89. The standard InChI is InChI=1S/C11H12ClN3OS/c1-6-8(7(2)15-14-6)5-13-11(16)9-3-4-10(12)17-9/h3-4H,5H2,1-2H3,(H,13,16)(H,14,15). The number of carbonyl (C=O) groups excluding carboxylic acids is 1. The van der Waals surface area contributed by atoms with Gasteiger partial charge in [-0.1, -0.05) is 11.6 Å². The predicted octanol–water partition coefficient (Wildman–Crippen LogP) is 2.67. The van der Waals surface area contributed by atoms with E-state index in [-0.39, 0.29) is 5.91 Å². The summed E-state index contributed by atoms with van der Waals surface area (Å²) < 4.78 is 0.617. The van der Waals surface area contributed by atoms with Crippen LogP contribution in [0.2, 0.25) is 4.34 Å². The van der Waals surface area contributed by atoms with Crippen molar-refractivity contribution in [1.82, 2.24) is 15.5 Å². The molecule has 17 heavy (non-hydrogen) atoms. The molecular weight excluding hydrogens is 258 g/mol. The van der Waals surface area contributed by atoms with E-state index in [9.17, 15) is 4.79 Å². The van der Waals surface area contributed by atoms with Crippen molar-refractivity contribution >= 4 is 28.8 Å². The van der Waals surface area contributed by atoms with Crippen molar-refractivity contribution in [1.29, 1.82) is 0 Å². The van der Waals surface area contributed by atoms with Gasteiger partial charge in [-0.3, -0.25) is 9.89 Å². The number of halogens is 1. The third-order valence-corrected chi connectivity index (χ3v) is 3.73. The maximum Gasteiger partial charge on any atom is 0.261 e. The van der Waals surface area contributed by atoms with E-state index >= 15 is 0 Å². The molecule has 0 bridgehead atoms. The molecule has 0 aliphatic rings. The van der Waals surface area contributed by atoms with Crippen molar-refractivity contribution in [3.63, 3.8) is 0 Å². The molecule has 6 heteroatoms. The van der Waals surface area contributed by atoms with E-state index in [1.807, 2.05) is 13.8 Å². The molecular formula is C11H12ClN3OS. The summed E-state index contributed by atoms with van der Waals surface area (Å²) in [5.74, 6) is -0.109. The molecule has 2 heterocycles. The molecule has 0 atom stereocenters. The van der Waals surface area contributed by atoms with Crippen molar-refractivity contribution in [3.05, 3.63) is 38.3 Å². The highest BCUT2D eigenvalue weighted by Gasteiger charge is 2.11. The average molecular weight is 270 g/mol. The molecule has 2 aromatic rings. The molecule has 0 spiro atoms. The van der Waals surface area contributed by atoms with Crippen LogP contribution < -0.4 is 5.32 Å². The summed E-state index contributed by atoms with van der Waals surface area (Å²) in [7, 11) is 0. The van der Waals surface area contributed by atoms with Gasteiger partial charge >= 0.3 is 0 Å². The highest BCUT2D eigenvalue weighted by molar-refractivity contribution is 7.17. The zero-order chi connectivity index (χ0) is 12.4. The third-order valence-electron chi connectivity index (χ3n) is 2.50. The van der Waals surface area contributed by atoms with E-state index in [2.05, 4.69) is 15.5 Å². The van der Waals surface area contributed by atoms with Gasteiger partial charge in [0.15, 0.2) is 0 Å². The fourth-order valence-electron chi connectivity index (χ4n) is 1.53. The normalized spacial score (nSPS) is 10.5. The van der Waals surface area contributed by atoms with Gasteiger partial charge in [0.25, 0.3) is 5.91 Å². The summed E-state index contributed by atoms with van der Waals surface area (Å²) in [6.07, 6.45) is 0. The molecule has 0 aliphatic heterocycles. The Balaban J connectivity index is 2.02. The van der Waals surface area contributed by atoms with Crippen molar-refractivity contribution in [2.45, 2.75) is 20.4 Å². The number of H-pyrrole nitrogens is 1. The first-order chi connectivity index (χ1) is 8.08. The van der Waals surface area contributed by atoms with Crippen LogP contribution in [0.3, 0.4) is 0 Å². The van der Waals surface area contributed by atoms with E-state index in [4.69, 9.17) is 11.6 Å². The van der Waals surface area contributed by atoms with Crippen LogP contribution in [0.5, 0.6) is 0 Å². The molecule has 0 saturated carbocycles. The first kappa shape index (κ1) is 12.1. The Hall–Kier alpha value is -1.33. The second-order valence-electron chi connectivity index (χ2n) is 3.70. The number of thiophene rings is 1. The van der Waals surface area contributed by atoms with E-state index in [1.165, 1.54) is 11.3 Å². The number of aryl methyl sites for hydroxylation is 2. The quantitative estimate of drug-likeness (QED) is 0.900. The summed E-state index contributed by atoms with van der Waals surface area (Å²) in [5.41, 5.74) is 2.92. The largest absolute Gasteiger partial charge is 0.347 e. The molecule has 1 amide bonds. The maximum absolute atomic E-state index is 11.8. The van der Waals surface area contributed by atoms with Crippen LogP contribution in [0.15, 0.2) is 12.1 Å². The fraction of sp³-hybridized carbons (Fsp3) is 0.273. The smallest absolute Gasteiger partial charge is 0.261 e. The zero-order valence-corrected chi connectivity index (χ0v) is 11.1. The monoisotopic (exact) mass is 269 g/mol. The van der Waals surface area contributed by atoms with Crippen molar-refractivity contribution in [2.75, 3.05) is 0 Å². The molecule has 0 saturated heterocycles. The number of aromatic amines is 1. The summed E-state index contributed by atoms with van der Waals surface area (Å²) in [4.78, 5) is 12.4. The van der Waals surface area contributed by atoms with E-state index in [0.29, 0.717) is 15.8 Å². The van der Waals surface area contributed by atoms with Gasteiger partial charge in [0.1, 0.15) is 0 Å². The number of carbonyl (C=O) groups is 1. The predicted molar refractivity (Wildman–Crippen MR) is 68.6 cm³/mol. The van der Waals surface area contributed by atoms with Gasteiger partial charge < -0.3 is 5.32 Å². The van der Waals surface area contributed by atoms with E-state index in [0.717, 1.165) is 17.0 Å². The van der Waals surface area contributed by atoms with Gasteiger partial charge in [-0.25, -0.2) is 0 Å². The number of nitrogens with zero attached hydrogens (tertiary/aromatic N) is 1. The Morgan fingerprint density at radius 3 is 2.82 bits per heavy atom. The topological polar surface area (TPSA) is 57.8 Å². The molecule has 0 unspecified atom stereocenters. The third kappa shape index (κ3) is 2.68. The van der Waals surface area contributed by atoms with Gasteiger partial charge in [0, 0.05) is 17.8 Å². The summed E-state index contributed by atoms with van der Waals surface area (Å²) >= 11 is 7.05. The number of nitrogens with one attached hydrogen (secondary N) is 2. The molecule has 0 aromatic carbocycles. The molecule has 0 radical (unpaired) electrons. The van der Waals surface area contributed by atoms with Crippen molar-refractivity contribution < 1.29 is 4.79 Å². The number of hydrogen-bond donors (Lipinski definition) is 2. The van der Waals surface area contributed by atoms with Crippen LogP contribution >= 0.6 is 22.9 Å². The van der Waals surface area contributed by atoms with Gasteiger partial charge in [-0.2, -0.15) is 5.10 Å². The van der Waals surface area contributed by atoms with Gasteiger partial charge in [0.05, 0.1) is 14.9 Å². The van der Waals surface area contributed by atoms with Crippen molar-refractivity contribution in [2.24, 2.45) is 0 Å².